The number of hydrogen-bond acceptors (Lipinski definition) is 4. The molecule has 4 rings (SSSR count). The zero-order valence-corrected chi connectivity index (χ0v) is 17.6. The van der Waals surface area contributed by atoms with Crippen LogP contribution < -0.4 is 20.3 Å². The van der Waals surface area contributed by atoms with Gasteiger partial charge in [-0.1, -0.05) is 30.3 Å². The van der Waals surface area contributed by atoms with Crippen molar-refractivity contribution >= 4 is 34.8 Å². The maximum absolute atomic E-state index is 12.9. The summed E-state index contributed by atoms with van der Waals surface area (Å²) in [4.78, 5) is 39.8. The number of methoxy groups -OCH3 is 1. The van der Waals surface area contributed by atoms with E-state index in [1.807, 2.05) is 30.3 Å². The molecule has 1 saturated heterocycles. The van der Waals surface area contributed by atoms with E-state index in [4.69, 9.17) is 4.74 Å². The van der Waals surface area contributed by atoms with Crippen LogP contribution in [0.4, 0.5) is 17.1 Å². The van der Waals surface area contributed by atoms with E-state index in [1.165, 1.54) is 0 Å². The molecule has 7 nitrogen and oxygen atoms in total. The Morgan fingerprint density at radius 2 is 1.59 bits per heavy atom. The van der Waals surface area contributed by atoms with Gasteiger partial charge in [-0.3, -0.25) is 14.4 Å². The first-order valence-corrected chi connectivity index (χ1v) is 10.3. The van der Waals surface area contributed by atoms with Gasteiger partial charge in [0.25, 0.3) is 5.91 Å². The number of para-hydroxylation sites is 2. The summed E-state index contributed by atoms with van der Waals surface area (Å²) in [5, 5.41) is 5.65. The van der Waals surface area contributed by atoms with Gasteiger partial charge in [-0.05, 0) is 48.5 Å². The fourth-order valence-corrected chi connectivity index (χ4v) is 3.64. The van der Waals surface area contributed by atoms with Crippen molar-refractivity contribution in [1.29, 1.82) is 0 Å². The second-order valence-corrected chi connectivity index (χ2v) is 7.46. The van der Waals surface area contributed by atoms with E-state index in [9.17, 15) is 14.4 Å². The third-order valence-electron chi connectivity index (χ3n) is 5.34. The number of amides is 3. The SMILES string of the molecule is COc1ccc(NC(=O)c2ccccc2NC(=O)C2CC(=O)N(c3ccccc3)C2)cc1. The van der Waals surface area contributed by atoms with Gasteiger partial charge in [-0.2, -0.15) is 0 Å². The number of rotatable bonds is 6. The van der Waals surface area contributed by atoms with Crippen molar-refractivity contribution in [2.75, 3.05) is 29.2 Å². The van der Waals surface area contributed by atoms with E-state index in [2.05, 4.69) is 10.6 Å². The van der Waals surface area contributed by atoms with Crippen LogP contribution in [0.2, 0.25) is 0 Å². The van der Waals surface area contributed by atoms with Crippen molar-refractivity contribution in [3.63, 3.8) is 0 Å². The number of carbonyl (C=O) groups excluding carboxylic acids is 3. The molecule has 3 amide bonds. The summed E-state index contributed by atoms with van der Waals surface area (Å²) in [7, 11) is 1.57. The van der Waals surface area contributed by atoms with Crippen molar-refractivity contribution in [2.45, 2.75) is 6.42 Å². The first-order valence-electron chi connectivity index (χ1n) is 10.3. The normalized spacial score (nSPS) is 15.3. The Labute approximate surface area is 186 Å². The fourth-order valence-electron chi connectivity index (χ4n) is 3.64. The van der Waals surface area contributed by atoms with Crippen LogP contribution in [0.1, 0.15) is 16.8 Å². The molecule has 1 aliphatic rings. The highest BCUT2D eigenvalue weighted by molar-refractivity contribution is 6.11. The molecule has 3 aromatic carbocycles. The van der Waals surface area contributed by atoms with Crippen molar-refractivity contribution in [1.82, 2.24) is 0 Å². The molecular formula is C25H23N3O4. The molecule has 1 atom stereocenters. The molecule has 0 aromatic heterocycles. The summed E-state index contributed by atoms with van der Waals surface area (Å²) < 4.78 is 5.13. The molecule has 0 aliphatic carbocycles. The lowest BCUT2D eigenvalue weighted by molar-refractivity contribution is -0.122. The molecule has 0 bridgehead atoms. The summed E-state index contributed by atoms with van der Waals surface area (Å²) in [5.74, 6) is -0.547. The minimum absolute atomic E-state index is 0.0955. The highest BCUT2D eigenvalue weighted by atomic mass is 16.5. The second kappa shape index (κ2) is 9.34. The number of carbonyl (C=O) groups is 3. The Bertz CT molecular complexity index is 1130. The Balaban J connectivity index is 1.45. The highest BCUT2D eigenvalue weighted by Gasteiger charge is 2.35. The third kappa shape index (κ3) is 4.62. The summed E-state index contributed by atoms with van der Waals surface area (Å²) in [6.07, 6.45) is 0.126. The number of anilines is 3. The van der Waals surface area contributed by atoms with Gasteiger partial charge >= 0.3 is 0 Å². The number of ether oxygens (including phenoxy) is 1. The van der Waals surface area contributed by atoms with Crippen LogP contribution in [0.15, 0.2) is 78.9 Å². The number of benzene rings is 3. The molecule has 7 heteroatoms. The van der Waals surface area contributed by atoms with Crippen molar-refractivity contribution in [3.8, 4) is 5.75 Å². The number of hydrogen-bond donors (Lipinski definition) is 2. The Morgan fingerprint density at radius 3 is 2.31 bits per heavy atom. The van der Waals surface area contributed by atoms with Gasteiger partial charge in [0, 0.05) is 24.3 Å². The quantitative estimate of drug-likeness (QED) is 0.621. The molecule has 3 aromatic rings. The van der Waals surface area contributed by atoms with E-state index in [0.29, 0.717) is 29.2 Å². The minimum atomic E-state index is -0.500. The molecule has 0 spiro atoms. The van der Waals surface area contributed by atoms with Crippen LogP contribution in [0.5, 0.6) is 5.75 Å². The van der Waals surface area contributed by atoms with Crippen LogP contribution in [0.3, 0.4) is 0 Å². The zero-order valence-electron chi connectivity index (χ0n) is 17.6. The standard InChI is InChI=1S/C25H23N3O4/c1-32-20-13-11-18(12-14-20)26-25(31)21-9-5-6-10-22(21)27-24(30)17-15-23(29)28(16-17)19-7-3-2-4-8-19/h2-14,17H,15-16H2,1H3,(H,26,31)(H,27,30). The van der Waals surface area contributed by atoms with Gasteiger partial charge < -0.3 is 20.3 Å². The van der Waals surface area contributed by atoms with E-state index in [1.54, 1.807) is 60.5 Å². The molecule has 1 fully saturated rings. The van der Waals surface area contributed by atoms with Gasteiger partial charge in [0.2, 0.25) is 11.8 Å². The highest BCUT2D eigenvalue weighted by Crippen LogP contribution is 2.27. The maximum Gasteiger partial charge on any atom is 0.257 e. The molecule has 1 unspecified atom stereocenters. The van der Waals surface area contributed by atoms with Gasteiger partial charge in [0.1, 0.15) is 5.75 Å². The lowest BCUT2D eigenvalue weighted by Crippen LogP contribution is -2.28. The number of nitrogens with zero attached hydrogens (tertiary/aromatic N) is 1. The summed E-state index contributed by atoms with van der Waals surface area (Å²) in [6, 6.07) is 23.0. The van der Waals surface area contributed by atoms with Crippen molar-refractivity contribution < 1.29 is 19.1 Å². The van der Waals surface area contributed by atoms with Gasteiger partial charge in [-0.25, -0.2) is 0 Å². The first-order chi connectivity index (χ1) is 15.5. The van der Waals surface area contributed by atoms with Gasteiger partial charge in [0.15, 0.2) is 0 Å². The smallest absolute Gasteiger partial charge is 0.257 e. The Morgan fingerprint density at radius 1 is 0.906 bits per heavy atom. The van der Waals surface area contributed by atoms with Gasteiger partial charge in [0.05, 0.1) is 24.3 Å². The van der Waals surface area contributed by atoms with Crippen LogP contribution >= 0.6 is 0 Å². The predicted molar refractivity (Wildman–Crippen MR) is 123 cm³/mol. The molecule has 0 radical (unpaired) electrons. The Hall–Kier alpha value is -4.13. The van der Waals surface area contributed by atoms with E-state index in [-0.39, 0.29) is 24.1 Å². The van der Waals surface area contributed by atoms with Crippen molar-refractivity contribution in [3.05, 3.63) is 84.4 Å². The fraction of sp³-hybridized carbons (Fsp3) is 0.160. The zero-order chi connectivity index (χ0) is 22.5. The van der Waals surface area contributed by atoms with E-state index in [0.717, 1.165) is 5.69 Å². The van der Waals surface area contributed by atoms with Crippen LogP contribution in [-0.2, 0) is 9.59 Å². The molecular weight excluding hydrogens is 406 g/mol. The second-order valence-electron chi connectivity index (χ2n) is 7.46. The third-order valence-corrected chi connectivity index (χ3v) is 5.34. The van der Waals surface area contributed by atoms with E-state index >= 15 is 0 Å². The first kappa shape index (κ1) is 21.1. The Kier molecular flexibility index (Phi) is 6.17. The summed E-state index contributed by atoms with van der Waals surface area (Å²) in [6.45, 7) is 0.300. The van der Waals surface area contributed by atoms with Crippen molar-refractivity contribution in [2.24, 2.45) is 5.92 Å². The average Bonchev–Trinajstić information content (AvgIpc) is 3.22. The molecule has 162 valence electrons. The van der Waals surface area contributed by atoms with Crippen LogP contribution in [0, 0.1) is 5.92 Å². The summed E-state index contributed by atoms with van der Waals surface area (Å²) >= 11 is 0. The van der Waals surface area contributed by atoms with Gasteiger partial charge in [-0.15, -0.1) is 0 Å². The van der Waals surface area contributed by atoms with Crippen LogP contribution in [-0.4, -0.2) is 31.4 Å². The molecule has 1 heterocycles. The summed E-state index contributed by atoms with van der Waals surface area (Å²) in [5.41, 5.74) is 2.11. The predicted octanol–water partition coefficient (Wildman–Crippen LogP) is 3.94. The molecule has 32 heavy (non-hydrogen) atoms. The minimum Gasteiger partial charge on any atom is -0.497 e. The lowest BCUT2D eigenvalue weighted by atomic mass is 10.1. The lowest BCUT2D eigenvalue weighted by Gasteiger charge is -2.17. The number of nitrogens with one attached hydrogen (secondary N) is 2. The van der Waals surface area contributed by atoms with E-state index < -0.39 is 5.92 Å². The molecule has 1 aliphatic heterocycles. The van der Waals surface area contributed by atoms with Crippen LogP contribution in [0.25, 0.3) is 0 Å². The average molecular weight is 429 g/mol. The largest absolute Gasteiger partial charge is 0.497 e. The topological polar surface area (TPSA) is 87.7 Å². The molecule has 0 saturated carbocycles. The monoisotopic (exact) mass is 429 g/mol. The molecule has 2 N–H and O–H groups in total. The maximum atomic E-state index is 12.9.